The minimum Gasteiger partial charge on any atom is -0.481 e. The van der Waals surface area contributed by atoms with Gasteiger partial charge in [-0.05, 0) is 31.2 Å². The summed E-state index contributed by atoms with van der Waals surface area (Å²) in [6, 6.07) is 0. The molecule has 0 bridgehead atoms. The SMILES string of the molecule is CC(C)C(CNCC1CCC1)C(=O)O. The topological polar surface area (TPSA) is 49.3 Å². The summed E-state index contributed by atoms with van der Waals surface area (Å²) < 4.78 is 0. The van der Waals surface area contributed by atoms with Crippen LogP contribution in [0.15, 0.2) is 0 Å². The number of carboxylic acid groups (broad SMARTS) is 1. The first-order chi connectivity index (χ1) is 6.61. The molecule has 82 valence electrons. The van der Waals surface area contributed by atoms with Crippen molar-refractivity contribution < 1.29 is 9.90 Å². The lowest BCUT2D eigenvalue weighted by molar-refractivity contribution is -0.143. The molecule has 0 aromatic carbocycles. The molecule has 3 heteroatoms. The molecule has 1 unspecified atom stereocenters. The monoisotopic (exact) mass is 199 g/mol. The van der Waals surface area contributed by atoms with E-state index in [1.54, 1.807) is 0 Å². The highest BCUT2D eigenvalue weighted by molar-refractivity contribution is 5.70. The predicted octanol–water partition coefficient (Wildman–Crippen LogP) is 1.73. The summed E-state index contributed by atoms with van der Waals surface area (Å²) in [4.78, 5) is 10.9. The normalized spacial score (nSPS) is 19.4. The van der Waals surface area contributed by atoms with Crippen molar-refractivity contribution in [2.45, 2.75) is 33.1 Å². The molecule has 0 amide bonds. The van der Waals surface area contributed by atoms with Crippen LogP contribution in [0.3, 0.4) is 0 Å². The van der Waals surface area contributed by atoms with Crippen molar-refractivity contribution in [2.75, 3.05) is 13.1 Å². The van der Waals surface area contributed by atoms with Gasteiger partial charge in [-0.3, -0.25) is 4.79 Å². The highest BCUT2D eigenvalue weighted by atomic mass is 16.4. The van der Waals surface area contributed by atoms with Gasteiger partial charge in [0.25, 0.3) is 0 Å². The zero-order valence-corrected chi connectivity index (χ0v) is 9.12. The molecule has 1 atom stereocenters. The Labute approximate surface area is 85.9 Å². The fourth-order valence-corrected chi connectivity index (χ4v) is 1.75. The van der Waals surface area contributed by atoms with Crippen LogP contribution in [0.5, 0.6) is 0 Å². The molecule has 2 N–H and O–H groups in total. The highest BCUT2D eigenvalue weighted by Crippen LogP contribution is 2.25. The quantitative estimate of drug-likeness (QED) is 0.685. The third kappa shape index (κ3) is 3.29. The van der Waals surface area contributed by atoms with Gasteiger partial charge in [-0.15, -0.1) is 0 Å². The Morgan fingerprint density at radius 1 is 1.50 bits per heavy atom. The first-order valence-electron chi connectivity index (χ1n) is 5.54. The van der Waals surface area contributed by atoms with E-state index < -0.39 is 5.97 Å². The van der Waals surface area contributed by atoms with Gasteiger partial charge in [0.1, 0.15) is 0 Å². The molecule has 1 fully saturated rings. The molecule has 0 aromatic rings. The van der Waals surface area contributed by atoms with Crippen LogP contribution in [0.25, 0.3) is 0 Å². The summed E-state index contributed by atoms with van der Waals surface area (Å²) in [5, 5.41) is 12.2. The Hall–Kier alpha value is -0.570. The van der Waals surface area contributed by atoms with Crippen molar-refractivity contribution in [1.82, 2.24) is 5.32 Å². The van der Waals surface area contributed by atoms with E-state index >= 15 is 0 Å². The highest BCUT2D eigenvalue weighted by Gasteiger charge is 2.22. The lowest BCUT2D eigenvalue weighted by Crippen LogP contribution is -2.36. The van der Waals surface area contributed by atoms with Gasteiger partial charge >= 0.3 is 5.97 Å². The molecule has 0 spiro atoms. The number of carbonyl (C=O) groups is 1. The Kier molecular flexibility index (Phi) is 4.39. The van der Waals surface area contributed by atoms with E-state index in [9.17, 15) is 4.79 Å². The van der Waals surface area contributed by atoms with E-state index in [2.05, 4.69) is 5.32 Å². The molecule has 1 aliphatic rings. The molecular formula is C11H21NO2. The van der Waals surface area contributed by atoms with Crippen LogP contribution in [0.4, 0.5) is 0 Å². The number of aliphatic carboxylic acids is 1. The van der Waals surface area contributed by atoms with Crippen LogP contribution in [0.2, 0.25) is 0 Å². The van der Waals surface area contributed by atoms with E-state index in [1.165, 1.54) is 19.3 Å². The first-order valence-corrected chi connectivity index (χ1v) is 5.54. The third-order valence-electron chi connectivity index (χ3n) is 3.14. The van der Waals surface area contributed by atoms with Gasteiger partial charge in [0.2, 0.25) is 0 Å². The van der Waals surface area contributed by atoms with Crippen LogP contribution >= 0.6 is 0 Å². The van der Waals surface area contributed by atoms with E-state index in [-0.39, 0.29) is 11.8 Å². The summed E-state index contributed by atoms with van der Waals surface area (Å²) in [7, 11) is 0. The fourth-order valence-electron chi connectivity index (χ4n) is 1.75. The molecule has 0 radical (unpaired) electrons. The summed E-state index contributed by atoms with van der Waals surface area (Å²) in [6.07, 6.45) is 3.97. The predicted molar refractivity (Wildman–Crippen MR) is 56.2 cm³/mol. The number of rotatable bonds is 6. The Bertz CT molecular complexity index is 188. The maximum absolute atomic E-state index is 10.9. The molecule has 0 saturated heterocycles. The van der Waals surface area contributed by atoms with Crippen molar-refractivity contribution in [3.8, 4) is 0 Å². The van der Waals surface area contributed by atoms with E-state index in [0.29, 0.717) is 6.54 Å². The lowest BCUT2D eigenvalue weighted by atomic mass is 9.85. The second-order valence-electron chi connectivity index (χ2n) is 4.64. The molecule has 1 aliphatic carbocycles. The van der Waals surface area contributed by atoms with Gasteiger partial charge in [-0.2, -0.15) is 0 Å². The average molecular weight is 199 g/mol. The number of hydrogen-bond acceptors (Lipinski definition) is 2. The van der Waals surface area contributed by atoms with Gasteiger partial charge in [-0.1, -0.05) is 20.3 Å². The zero-order chi connectivity index (χ0) is 10.6. The summed E-state index contributed by atoms with van der Waals surface area (Å²) in [6.45, 7) is 5.54. The standard InChI is InChI=1S/C11H21NO2/c1-8(2)10(11(13)14)7-12-6-9-4-3-5-9/h8-10,12H,3-7H2,1-2H3,(H,13,14). The van der Waals surface area contributed by atoms with Crippen LogP contribution < -0.4 is 5.32 Å². The van der Waals surface area contributed by atoms with Crippen molar-refractivity contribution in [3.05, 3.63) is 0 Å². The van der Waals surface area contributed by atoms with Gasteiger partial charge in [-0.25, -0.2) is 0 Å². The van der Waals surface area contributed by atoms with Crippen LogP contribution in [-0.4, -0.2) is 24.2 Å². The second kappa shape index (κ2) is 5.35. The molecule has 14 heavy (non-hydrogen) atoms. The smallest absolute Gasteiger partial charge is 0.308 e. The Morgan fingerprint density at radius 2 is 2.14 bits per heavy atom. The lowest BCUT2D eigenvalue weighted by Gasteiger charge is -2.26. The largest absolute Gasteiger partial charge is 0.481 e. The fraction of sp³-hybridized carbons (Fsp3) is 0.909. The Morgan fingerprint density at radius 3 is 2.50 bits per heavy atom. The van der Waals surface area contributed by atoms with Gasteiger partial charge < -0.3 is 10.4 Å². The molecule has 1 saturated carbocycles. The number of hydrogen-bond donors (Lipinski definition) is 2. The maximum atomic E-state index is 10.9. The van der Waals surface area contributed by atoms with Gasteiger partial charge in [0.15, 0.2) is 0 Å². The second-order valence-corrected chi connectivity index (χ2v) is 4.64. The average Bonchev–Trinajstić information content (AvgIpc) is 1.99. The van der Waals surface area contributed by atoms with Crippen molar-refractivity contribution >= 4 is 5.97 Å². The first kappa shape index (κ1) is 11.5. The molecule has 1 rings (SSSR count). The van der Waals surface area contributed by atoms with Gasteiger partial charge in [0, 0.05) is 6.54 Å². The van der Waals surface area contributed by atoms with Crippen LogP contribution in [-0.2, 0) is 4.79 Å². The maximum Gasteiger partial charge on any atom is 0.308 e. The van der Waals surface area contributed by atoms with Crippen molar-refractivity contribution in [3.63, 3.8) is 0 Å². The molecule has 3 nitrogen and oxygen atoms in total. The summed E-state index contributed by atoms with van der Waals surface area (Å²) in [5.41, 5.74) is 0. The van der Waals surface area contributed by atoms with E-state index in [0.717, 1.165) is 12.5 Å². The summed E-state index contributed by atoms with van der Waals surface area (Å²) in [5.74, 6) is 0.0918. The van der Waals surface area contributed by atoms with Crippen molar-refractivity contribution in [1.29, 1.82) is 0 Å². The van der Waals surface area contributed by atoms with E-state index in [4.69, 9.17) is 5.11 Å². The number of carboxylic acids is 1. The van der Waals surface area contributed by atoms with E-state index in [1.807, 2.05) is 13.8 Å². The third-order valence-corrected chi connectivity index (χ3v) is 3.14. The molecule has 0 heterocycles. The molecule has 0 aromatic heterocycles. The van der Waals surface area contributed by atoms with Crippen LogP contribution in [0.1, 0.15) is 33.1 Å². The minimum atomic E-state index is -0.680. The van der Waals surface area contributed by atoms with Crippen molar-refractivity contribution in [2.24, 2.45) is 17.8 Å². The zero-order valence-electron chi connectivity index (χ0n) is 9.12. The Balaban J connectivity index is 2.15. The van der Waals surface area contributed by atoms with Crippen LogP contribution in [0, 0.1) is 17.8 Å². The molecular weight excluding hydrogens is 178 g/mol. The van der Waals surface area contributed by atoms with Gasteiger partial charge in [0.05, 0.1) is 5.92 Å². The number of nitrogens with one attached hydrogen (secondary N) is 1. The molecule has 0 aliphatic heterocycles. The minimum absolute atomic E-state index is 0.210. The summed E-state index contributed by atoms with van der Waals surface area (Å²) >= 11 is 0.